The van der Waals surface area contributed by atoms with Gasteiger partial charge in [-0.3, -0.25) is 19.0 Å². The van der Waals surface area contributed by atoms with E-state index in [1.165, 1.54) is 4.57 Å². The maximum atomic E-state index is 11.8. The van der Waals surface area contributed by atoms with Gasteiger partial charge >= 0.3 is 5.69 Å². The van der Waals surface area contributed by atoms with Gasteiger partial charge in [0.2, 0.25) is 0 Å². The van der Waals surface area contributed by atoms with E-state index in [9.17, 15) is 9.59 Å². The van der Waals surface area contributed by atoms with Gasteiger partial charge in [0.25, 0.3) is 5.56 Å². The number of nitrogens with zero attached hydrogens (tertiary/aromatic N) is 3. The Kier molecular flexibility index (Phi) is 4.22. The molecule has 1 atom stereocenters. The topological polar surface area (TPSA) is 72.7 Å². The van der Waals surface area contributed by atoms with Crippen LogP contribution in [0.4, 0.5) is 0 Å². The molecule has 0 bridgehead atoms. The van der Waals surface area contributed by atoms with Crippen LogP contribution in [-0.4, -0.2) is 19.3 Å². The van der Waals surface area contributed by atoms with Crippen LogP contribution in [0.3, 0.4) is 0 Å². The summed E-state index contributed by atoms with van der Waals surface area (Å²) in [7, 11) is 0. The molecule has 0 radical (unpaired) electrons. The second kappa shape index (κ2) is 5.90. The smallest absolute Gasteiger partial charge is 0.294 e. The zero-order valence-corrected chi connectivity index (χ0v) is 12.1. The Balaban J connectivity index is 2.28. The Labute approximate surface area is 117 Å². The fraction of sp³-hybridized carbons (Fsp3) is 0.500. The van der Waals surface area contributed by atoms with Crippen molar-refractivity contribution in [3.05, 3.63) is 50.6 Å². The van der Waals surface area contributed by atoms with E-state index in [0.717, 1.165) is 12.1 Å². The predicted octanol–water partition coefficient (Wildman–Crippen LogP) is 1.31. The lowest BCUT2D eigenvalue weighted by atomic mass is 10.2. The Bertz CT molecular complexity index is 696. The highest BCUT2D eigenvalue weighted by Crippen LogP contribution is 2.09. The quantitative estimate of drug-likeness (QED) is 0.895. The van der Waals surface area contributed by atoms with Crippen LogP contribution in [0.25, 0.3) is 0 Å². The molecule has 0 spiro atoms. The van der Waals surface area contributed by atoms with Gasteiger partial charge in [0.05, 0.1) is 12.2 Å². The first-order chi connectivity index (χ1) is 9.55. The molecule has 2 aromatic rings. The number of H-pyrrole nitrogens is 1. The van der Waals surface area contributed by atoms with Crippen LogP contribution in [0, 0.1) is 0 Å². The molecule has 0 saturated carbocycles. The van der Waals surface area contributed by atoms with Crippen LogP contribution in [0.5, 0.6) is 0 Å². The van der Waals surface area contributed by atoms with Crippen molar-refractivity contribution in [2.45, 2.75) is 46.2 Å². The maximum Gasteiger partial charge on any atom is 0.328 e. The van der Waals surface area contributed by atoms with E-state index < -0.39 is 5.69 Å². The van der Waals surface area contributed by atoms with Crippen molar-refractivity contribution in [1.82, 2.24) is 19.3 Å². The van der Waals surface area contributed by atoms with Gasteiger partial charge < -0.3 is 0 Å². The summed E-state index contributed by atoms with van der Waals surface area (Å²) >= 11 is 0. The molecule has 0 fully saturated rings. The lowest BCUT2D eigenvalue weighted by Crippen LogP contribution is -2.32. The normalized spacial score (nSPS) is 12.6. The average molecular weight is 276 g/mol. The molecular weight excluding hydrogens is 256 g/mol. The minimum Gasteiger partial charge on any atom is -0.294 e. The Morgan fingerprint density at radius 2 is 2.10 bits per heavy atom. The van der Waals surface area contributed by atoms with Gasteiger partial charge in [-0.15, -0.1) is 0 Å². The predicted molar refractivity (Wildman–Crippen MR) is 77.0 cm³/mol. The molecule has 0 aromatic carbocycles. The SMILES string of the molecule is CCc1cn(Cc2ccn(C(C)CC)n2)c(=O)[nH]c1=O. The summed E-state index contributed by atoms with van der Waals surface area (Å²) in [5.41, 5.74) is 0.705. The van der Waals surface area contributed by atoms with Crippen LogP contribution < -0.4 is 11.2 Å². The van der Waals surface area contributed by atoms with Crippen LogP contribution in [-0.2, 0) is 13.0 Å². The van der Waals surface area contributed by atoms with E-state index in [-0.39, 0.29) is 5.56 Å². The zero-order valence-electron chi connectivity index (χ0n) is 12.1. The number of aryl methyl sites for hydroxylation is 1. The number of aromatic nitrogens is 4. The standard InChI is InChI=1S/C14H20N4O2/c1-4-10(3)18-7-6-12(16-18)9-17-8-11(5-2)13(19)15-14(17)20/h6-8,10H,4-5,9H2,1-3H3,(H,15,19,20). The van der Waals surface area contributed by atoms with Gasteiger partial charge in [-0.05, 0) is 25.8 Å². The van der Waals surface area contributed by atoms with Crippen LogP contribution in [0.1, 0.15) is 44.5 Å². The van der Waals surface area contributed by atoms with Crippen LogP contribution in [0.2, 0.25) is 0 Å². The van der Waals surface area contributed by atoms with Crippen molar-refractivity contribution in [2.75, 3.05) is 0 Å². The van der Waals surface area contributed by atoms with Gasteiger partial charge in [-0.2, -0.15) is 5.10 Å². The molecule has 2 heterocycles. The van der Waals surface area contributed by atoms with E-state index in [1.807, 2.05) is 23.9 Å². The van der Waals surface area contributed by atoms with Crippen molar-refractivity contribution in [3.8, 4) is 0 Å². The molecule has 2 rings (SSSR count). The number of hydrogen-bond donors (Lipinski definition) is 1. The van der Waals surface area contributed by atoms with E-state index in [2.05, 4.69) is 23.9 Å². The van der Waals surface area contributed by atoms with Gasteiger partial charge in [0.15, 0.2) is 0 Å². The van der Waals surface area contributed by atoms with Crippen LogP contribution >= 0.6 is 0 Å². The first-order valence-corrected chi connectivity index (χ1v) is 6.91. The molecule has 0 aliphatic carbocycles. The van der Waals surface area contributed by atoms with E-state index in [0.29, 0.717) is 24.6 Å². The number of hydrogen-bond acceptors (Lipinski definition) is 3. The molecule has 0 amide bonds. The Morgan fingerprint density at radius 1 is 1.35 bits per heavy atom. The Hall–Kier alpha value is -2.11. The Morgan fingerprint density at radius 3 is 2.75 bits per heavy atom. The molecule has 0 aliphatic heterocycles. The molecule has 0 aliphatic rings. The second-order valence-electron chi connectivity index (χ2n) is 4.94. The summed E-state index contributed by atoms with van der Waals surface area (Å²) in [6.07, 6.45) is 5.13. The number of aromatic amines is 1. The summed E-state index contributed by atoms with van der Waals surface area (Å²) in [5, 5.41) is 4.46. The third kappa shape index (κ3) is 2.89. The molecule has 1 N–H and O–H groups in total. The summed E-state index contributed by atoms with van der Waals surface area (Å²) in [6, 6.07) is 2.23. The van der Waals surface area contributed by atoms with E-state index in [4.69, 9.17) is 0 Å². The molecule has 1 unspecified atom stereocenters. The number of rotatable bonds is 5. The van der Waals surface area contributed by atoms with Crippen molar-refractivity contribution in [2.24, 2.45) is 0 Å². The molecule has 6 nitrogen and oxygen atoms in total. The van der Waals surface area contributed by atoms with Crippen molar-refractivity contribution >= 4 is 0 Å². The molecule has 108 valence electrons. The molecule has 2 aromatic heterocycles. The molecule has 20 heavy (non-hydrogen) atoms. The lowest BCUT2D eigenvalue weighted by Gasteiger charge is -2.08. The monoisotopic (exact) mass is 276 g/mol. The summed E-state index contributed by atoms with van der Waals surface area (Å²) in [4.78, 5) is 25.6. The summed E-state index contributed by atoms with van der Waals surface area (Å²) in [6.45, 7) is 6.45. The van der Waals surface area contributed by atoms with Crippen LogP contribution in [0.15, 0.2) is 28.0 Å². The molecule has 0 saturated heterocycles. The van der Waals surface area contributed by atoms with Crippen molar-refractivity contribution in [1.29, 1.82) is 0 Å². The summed E-state index contributed by atoms with van der Waals surface area (Å²) < 4.78 is 3.39. The van der Waals surface area contributed by atoms with Crippen molar-refractivity contribution in [3.63, 3.8) is 0 Å². The van der Waals surface area contributed by atoms with Gasteiger partial charge in [-0.1, -0.05) is 13.8 Å². The lowest BCUT2D eigenvalue weighted by molar-refractivity contribution is 0.471. The molecular formula is C14H20N4O2. The average Bonchev–Trinajstić information content (AvgIpc) is 2.89. The third-order valence-corrected chi connectivity index (χ3v) is 3.50. The summed E-state index contributed by atoms with van der Waals surface area (Å²) in [5.74, 6) is 0. The van der Waals surface area contributed by atoms with E-state index >= 15 is 0 Å². The third-order valence-electron chi connectivity index (χ3n) is 3.50. The minimum atomic E-state index is -0.398. The second-order valence-corrected chi connectivity index (χ2v) is 4.94. The van der Waals surface area contributed by atoms with E-state index in [1.54, 1.807) is 6.20 Å². The zero-order chi connectivity index (χ0) is 14.7. The first-order valence-electron chi connectivity index (χ1n) is 6.91. The fourth-order valence-corrected chi connectivity index (χ4v) is 1.99. The first kappa shape index (κ1) is 14.3. The maximum absolute atomic E-state index is 11.8. The highest BCUT2D eigenvalue weighted by Gasteiger charge is 2.07. The van der Waals surface area contributed by atoms with Crippen molar-refractivity contribution < 1.29 is 0 Å². The molecule has 6 heteroatoms. The minimum absolute atomic E-state index is 0.307. The largest absolute Gasteiger partial charge is 0.328 e. The number of nitrogens with one attached hydrogen (secondary N) is 1. The van der Waals surface area contributed by atoms with Gasteiger partial charge in [0.1, 0.15) is 0 Å². The fourth-order valence-electron chi connectivity index (χ4n) is 1.99. The van der Waals surface area contributed by atoms with Gasteiger partial charge in [-0.25, -0.2) is 4.79 Å². The highest BCUT2D eigenvalue weighted by atomic mass is 16.2. The van der Waals surface area contributed by atoms with Gasteiger partial charge in [0, 0.05) is 24.0 Å². The highest BCUT2D eigenvalue weighted by molar-refractivity contribution is 5.07.